The summed E-state index contributed by atoms with van der Waals surface area (Å²) in [4.78, 5) is 30.5. The number of aromatic hydroxyl groups is 1. The Labute approximate surface area is 240 Å². The van der Waals surface area contributed by atoms with Crippen molar-refractivity contribution in [1.29, 1.82) is 0 Å². The summed E-state index contributed by atoms with van der Waals surface area (Å²) in [5.41, 5.74) is 8.25. The van der Waals surface area contributed by atoms with E-state index in [0.29, 0.717) is 29.8 Å². The van der Waals surface area contributed by atoms with Gasteiger partial charge in [0.05, 0.1) is 11.3 Å². The Morgan fingerprint density at radius 1 is 0.976 bits per heavy atom. The number of aryl methyl sites for hydroxylation is 3. The van der Waals surface area contributed by atoms with E-state index in [1.165, 1.54) is 22.8 Å². The Morgan fingerprint density at radius 3 is 2.29 bits per heavy atom. The van der Waals surface area contributed by atoms with Crippen LogP contribution in [0.5, 0.6) is 5.88 Å². The molecule has 0 spiro atoms. The topological polar surface area (TPSA) is 116 Å². The molecule has 0 aliphatic heterocycles. The molecule has 0 saturated carbocycles. The van der Waals surface area contributed by atoms with E-state index in [1.54, 1.807) is 30.1 Å². The first kappa shape index (κ1) is 28.4. The number of carbonyl (C=O) groups is 1. The third-order valence-electron chi connectivity index (χ3n) is 7.26. The van der Waals surface area contributed by atoms with Gasteiger partial charge in [0.2, 0.25) is 11.8 Å². The minimum atomic E-state index is -0.850. The largest absolute Gasteiger partial charge is 0.493 e. The molecule has 0 aliphatic rings. The smallest absolute Gasteiger partial charge is 0.265 e. The minimum Gasteiger partial charge on any atom is -0.493 e. The molecule has 5 aromatic rings. The van der Waals surface area contributed by atoms with Gasteiger partial charge in [0, 0.05) is 25.2 Å². The average molecular weight is 570 g/mol. The average Bonchev–Trinajstić information content (AvgIpc) is 3.41. The summed E-state index contributed by atoms with van der Waals surface area (Å²) < 4.78 is 32.2. The zero-order valence-electron chi connectivity index (χ0n) is 23.4. The van der Waals surface area contributed by atoms with Crippen LogP contribution < -0.4 is 11.3 Å². The maximum Gasteiger partial charge on any atom is 0.265 e. The van der Waals surface area contributed by atoms with Crippen molar-refractivity contribution in [2.24, 2.45) is 12.8 Å². The second kappa shape index (κ2) is 11.4. The van der Waals surface area contributed by atoms with E-state index in [9.17, 15) is 19.1 Å². The van der Waals surface area contributed by atoms with Crippen LogP contribution in [0.1, 0.15) is 46.5 Å². The van der Waals surface area contributed by atoms with Gasteiger partial charge in [0.25, 0.3) is 5.56 Å². The number of hydrogen-bond donors (Lipinski definition) is 2. The second-order valence-corrected chi connectivity index (χ2v) is 9.92. The predicted octanol–water partition coefficient (Wildman–Crippen LogP) is 5.10. The first-order chi connectivity index (χ1) is 20.1. The van der Waals surface area contributed by atoms with E-state index in [1.807, 2.05) is 32.0 Å². The lowest BCUT2D eigenvalue weighted by Gasteiger charge is -2.19. The van der Waals surface area contributed by atoms with E-state index < -0.39 is 29.0 Å². The van der Waals surface area contributed by atoms with Crippen LogP contribution in [0.2, 0.25) is 0 Å². The van der Waals surface area contributed by atoms with Crippen LogP contribution in [0.3, 0.4) is 0 Å². The molecule has 0 saturated heterocycles. The van der Waals surface area contributed by atoms with Crippen LogP contribution in [-0.2, 0) is 26.3 Å². The van der Waals surface area contributed by atoms with Crippen LogP contribution in [0.15, 0.2) is 71.7 Å². The summed E-state index contributed by atoms with van der Waals surface area (Å²) in [5, 5.41) is 15.4. The molecule has 3 aromatic carbocycles. The van der Waals surface area contributed by atoms with Gasteiger partial charge in [-0.05, 0) is 64.9 Å². The van der Waals surface area contributed by atoms with Gasteiger partial charge in [-0.1, -0.05) is 50.2 Å². The van der Waals surface area contributed by atoms with Crippen molar-refractivity contribution >= 4 is 5.91 Å². The molecular weight excluding hydrogens is 540 g/mol. The summed E-state index contributed by atoms with van der Waals surface area (Å²) in [6.45, 7) is 3.97. The standard InChI is InChI=1S/C32H29F2N5O3/c1-4-18-7-6-8-19(5-2)28(18)39-30(27-13-14-38(3)37-27)36-31(41)25(32(39)42)15-21-10-9-20(16-26(21)34)23-12-11-22(33)17-24(23)29(35)40/h6-14,16-17,41H,4-5,15H2,1-3H3,(H2,35,40). The molecule has 214 valence electrons. The third-order valence-corrected chi connectivity index (χ3v) is 7.26. The molecule has 10 heteroatoms. The molecule has 0 bridgehead atoms. The van der Waals surface area contributed by atoms with Crippen LogP contribution >= 0.6 is 0 Å². The molecular formula is C32H29F2N5O3. The third kappa shape index (κ3) is 5.18. The molecule has 2 heterocycles. The van der Waals surface area contributed by atoms with Gasteiger partial charge in [-0.25, -0.2) is 8.78 Å². The maximum atomic E-state index is 15.5. The predicted molar refractivity (Wildman–Crippen MR) is 156 cm³/mol. The van der Waals surface area contributed by atoms with E-state index in [2.05, 4.69) is 10.1 Å². The van der Waals surface area contributed by atoms with Gasteiger partial charge in [0.15, 0.2) is 5.82 Å². The van der Waals surface area contributed by atoms with Crippen molar-refractivity contribution < 1.29 is 18.7 Å². The molecule has 8 nitrogen and oxygen atoms in total. The van der Waals surface area contributed by atoms with Crippen molar-refractivity contribution in [2.75, 3.05) is 0 Å². The number of para-hydroxylation sites is 1. The van der Waals surface area contributed by atoms with Crippen molar-refractivity contribution in [3.8, 4) is 34.2 Å². The van der Waals surface area contributed by atoms with E-state index in [-0.39, 0.29) is 34.5 Å². The van der Waals surface area contributed by atoms with Crippen LogP contribution in [-0.4, -0.2) is 30.3 Å². The van der Waals surface area contributed by atoms with Gasteiger partial charge in [-0.2, -0.15) is 10.1 Å². The van der Waals surface area contributed by atoms with Crippen molar-refractivity contribution in [2.45, 2.75) is 33.1 Å². The normalized spacial score (nSPS) is 11.2. The van der Waals surface area contributed by atoms with E-state index in [0.717, 1.165) is 23.3 Å². The lowest BCUT2D eigenvalue weighted by molar-refractivity contribution is 0.100. The zero-order chi connectivity index (χ0) is 30.1. The fourth-order valence-corrected chi connectivity index (χ4v) is 5.14. The number of aromatic nitrogens is 4. The first-order valence-electron chi connectivity index (χ1n) is 13.5. The van der Waals surface area contributed by atoms with Crippen molar-refractivity contribution in [3.63, 3.8) is 0 Å². The fourth-order valence-electron chi connectivity index (χ4n) is 5.14. The quantitative estimate of drug-likeness (QED) is 0.270. The van der Waals surface area contributed by atoms with Gasteiger partial charge in [0.1, 0.15) is 17.3 Å². The molecule has 5 rings (SSSR count). The van der Waals surface area contributed by atoms with E-state index in [4.69, 9.17) is 5.73 Å². The second-order valence-electron chi connectivity index (χ2n) is 9.92. The first-order valence-corrected chi connectivity index (χ1v) is 13.5. The Hall–Kier alpha value is -5.12. The highest BCUT2D eigenvalue weighted by atomic mass is 19.1. The molecule has 42 heavy (non-hydrogen) atoms. The molecule has 0 atom stereocenters. The van der Waals surface area contributed by atoms with Crippen molar-refractivity contribution in [3.05, 3.63) is 117 Å². The van der Waals surface area contributed by atoms with Gasteiger partial charge in [-0.15, -0.1) is 0 Å². The number of carbonyl (C=O) groups excluding carboxylic acids is 1. The summed E-state index contributed by atoms with van der Waals surface area (Å²) in [6, 6.07) is 15.2. The maximum absolute atomic E-state index is 15.5. The molecule has 3 N–H and O–H groups in total. The molecule has 0 fully saturated rings. The van der Waals surface area contributed by atoms with Gasteiger partial charge < -0.3 is 10.8 Å². The van der Waals surface area contributed by atoms with Crippen LogP contribution in [0.25, 0.3) is 28.3 Å². The number of rotatable bonds is 8. The number of halogens is 2. The lowest BCUT2D eigenvalue weighted by Crippen LogP contribution is -2.27. The lowest BCUT2D eigenvalue weighted by atomic mass is 9.96. The Bertz CT molecular complexity index is 1870. The minimum absolute atomic E-state index is 0.0849. The number of benzene rings is 3. The number of nitrogens with zero attached hydrogens (tertiary/aromatic N) is 4. The SMILES string of the molecule is CCc1cccc(CC)c1-n1c(-c2ccn(C)n2)nc(O)c(Cc2ccc(-c3ccc(F)cc3C(N)=O)cc2F)c1=O. The number of primary amides is 1. The monoisotopic (exact) mass is 569 g/mol. The molecule has 1 amide bonds. The number of nitrogens with two attached hydrogens (primary N) is 1. The van der Waals surface area contributed by atoms with E-state index >= 15 is 4.39 Å². The van der Waals surface area contributed by atoms with Crippen LogP contribution in [0, 0.1) is 11.6 Å². The highest BCUT2D eigenvalue weighted by Gasteiger charge is 2.24. The summed E-state index contributed by atoms with van der Waals surface area (Å²) >= 11 is 0. The molecule has 2 aromatic heterocycles. The highest BCUT2D eigenvalue weighted by Crippen LogP contribution is 2.30. The van der Waals surface area contributed by atoms with Crippen LogP contribution in [0.4, 0.5) is 8.78 Å². The molecule has 0 unspecified atom stereocenters. The Morgan fingerprint density at radius 2 is 1.69 bits per heavy atom. The Kier molecular flexibility index (Phi) is 7.71. The summed E-state index contributed by atoms with van der Waals surface area (Å²) in [6.07, 6.45) is 2.74. The zero-order valence-corrected chi connectivity index (χ0v) is 23.4. The number of hydrogen-bond acceptors (Lipinski definition) is 5. The number of amides is 1. The fraction of sp³-hybridized carbons (Fsp3) is 0.188. The molecule has 0 aliphatic carbocycles. The Balaban J connectivity index is 1.67. The summed E-state index contributed by atoms with van der Waals surface area (Å²) in [5.74, 6) is -2.54. The van der Waals surface area contributed by atoms with Gasteiger partial charge >= 0.3 is 0 Å². The van der Waals surface area contributed by atoms with Gasteiger partial charge in [-0.3, -0.25) is 18.8 Å². The molecule has 0 radical (unpaired) electrons. The summed E-state index contributed by atoms with van der Waals surface area (Å²) in [7, 11) is 1.74. The highest BCUT2D eigenvalue weighted by molar-refractivity contribution is 5.99. The van der Waals surface area contributed by atoms with Crippen molar-refractivity contribution in [1.82, 2.24) is 19.3 Å².